The van der Waals surface area contributed by atoms with Gasteiger partial charge >= 0.3 is 0 Å². The van der Waals surface area contributed by atoms with Crippen LogP contribution in [0.15, 0.2) is 42.7 Å². The van der Waals surface area contributed by atoms with Crippen LogP contribution in [0.4, 0.5) is 0 Å². The maximum absolute atomic E-state index is 5.69. The maximum atomic E-state index is 5.69. The van der Waals surface area contributed by atoms with Gasteiger partial charge in [-0.15, -0.1) is 0 Å². The van der Waals surface area contributed by atoms with Crippen LogP contribution in [0.25, 0.3) is 0 Å². The van der Waals surface area contributed by atoms with Crippen LogP contribution in [0, 0.1) is 0 Å². The Hall–Kier alpha value is -1.69. The van der Waals surface area contributed by atoms with Gasteiger partial charge in [-0.25, -0.2) is 4.98 Å². The first-order valence-electron chi connectivity index (χ1n) is 6.26. The van der Waals surface area contributed by atoms with Crippen molar-refractivity contribution in [1.29, 1.82) is 0 Å². The molecule has 0 amide bonds. The summed E-state index contributed by atoms with van der Waals surface area (Å²) in [6, 6.07) is 10.0. The van der Waals surface area contributed by atoms with E-state index in [4.69, 9.17) is 10.6 Å². The van der Waals surface area contributed by atoms with Crippen molar-refractivity contribution >= 4 is 0 Å². The Kier molecular flexibility index (Phi) is 4.68. The molecule has 0 bridgehead atoms. The van der Waals surface area contributed by atoms with Crippen molar-refractivity contribution < 1.29 is 4.74 Å². The van der Waals surface area contributed by atoms with Gasteiger partial charge in [0.25, 0.3) is 0 Å². The molecule has 102 valence electrons. The molecule has 0 fully saturated rings. The fraction of sp³-hybridized carbons (Fsp3) is 0.357. The van der Waals surface area contributed by atoms with E-state index < -0.39 is 0 Å². The molecule has 3 N–H and O–H groups in total. The monoisotopic (exact) mass is 260 g/mol. The van der Waals surface area contributed by atoms with Crippen molar-refractivity contribution in [3.8, 4) is 0 Å². The number of hydrogen-bond donors (Lipinski definition) is 2. The number of rotatable bonds is 6. The second-order valence-electron chi connectivity index (χ2n) is 4.50. The van der Waals surface area contributed by atoms with Crippen LogP contribution in [0.1, 0.15) is 17.5 Å². The molecule has 0 spiro atoms. The summed E-state index contributed by atoms with van der Waals surface area (Å²) in [5.41, 5.74) is 3.94. The van der Waals surface area contributed by atoms with Crippen molar-refractivity contribution in [3.63, 3.8) is 0 Å². The summed E-state index contributed by atoms with van der Waals surface area (Å²) in [4.78, 5) is 4.33. The standard InChI is InChI=1S/C14H20N4O/c1-18-9-8-16-13(18)10-12(17-15)14(19-2)11-6-4-3-5-7-11/h3-9,12,14,17H,10,15H2,1-2H3. The maximum Gasteiger partial charge on any atom is 0.110 e. The molecule has 0 aliphatic rings. The molecule has 0 saturated carbocycles. The van der Waals surface area contributed by atoms with E-state index in [2.05, 4.69) is 10.4 Å². The van der Waals surface area contributed by atoms with E-state index in [9.17, 15) is 0 Å². The van der Waals surface area contributed by atoms with Crippen molar-refractivity contribution in [1.82, 2.24) is 15.0 Å². The molecule has 2 atom stereocenters. The molecule has 5 nitrogen and oxygen atoms in total. The van der Waals surface area contributed by atoms with Gasteiger partial charge in [0.2, 0.25) is 0 Å². The second-order valence-corrected chi connectivity index (χ2v) is 4.50. The second kappa shape index (κ2) is 6.47. The summed E-state index contributed by atoms with van der Waals surface area (Å²) in [5, 5.41) is 0. The minimum absolute atomic E-state index is 0.0338. The number of benzene rings is 1. The summed E-state index contributed by atoms with van der Waals surface area (Å²) >= 11 is 0. The Labute approximate surface area is 113 Å². The van der Waals surface area contributed by atoms with Gasteiger partial charge in [0.05, 0.1) is 12.1 Å². The molecule has 0 aliphatic carbocycles. The van der Waals surface area contributed by atoms with E-state index in [1.165, 1.54) is 0 Å². The zero-order valence-electron chi connectivity index (χ0n) is 11.3. The van der Waals surface area contributed by atoms with Crippen molar-refractivity contribution in [3.05, 3.63) is 54.1 Å². The van der Waals surface area contributed by atoms with Crippen LogP contribution in [-0.4, -0.2) is 22.7 Å². The molecule has 19 heavy (non-hydrogen) atoms. The molecule has 0 radical (unpaired) electrons. The molecule has 5 heteroatoms. The van der Waals surface area contributed by atoms with Crippen LogP contribution in [0.5, 0.6) is 0 Å². The van der Waals surface area contributed by atoms with Gasteiger partial charge < -0.3 is 9.30 Å². The van der Waals surface area contributed by atoms with Crippen molar-refractivity contribution in [2.75, 3.05) is 7.11 Å². The summed E-state index contributed by atoms with van der Waals surface area (Å²) in [5.74, 6) is 6.66. The Morgan fingerprint density at radius 1 is 1.37 bits per heavy atom. The number of ether oxygens (including phenoxy) is 1. The third-order valence-electron chi connectivity index (χ3n) is 3.29. The number of aromatic nitrogens is 2. The largest absolute Gasteiger partial charge is 0.375 e. The summed E-state index contributed by atoms with van der Waals surface area (Å²) < 4.78 is 7.59. The zero-order chi connectivity index (χ0) is 13.7. The average Bonchev–Trinajstić information content (AvgIpc) is 2.85. The number of hydrazine groups is 1. The Morgan fingerprint density at radius 3 is 2.63 bits per heavy atom. The van der Waals surface area contributed by atoms with E-state index >= 15 is 0 Å². The van der Waals surface area contributed by atoms with Gasteiger partial charge in [0.1, 0.15) is 5.82 Å². The fourth-order valence-corrected chi connectivity index (χ4v) is 2.22. The molecule has 0 aliphatic heterocycles. The average molecular weight is 260 g/mol. The van der Waals surface area contributed by atoms with E-state index in [1.54, 1.807) is 13.3 Å². The van der Waals surface area contributed by atoms with Crippen LogP contribution in [-0.2, 0) is 18.2 Å². The molecule has 1 aromatic heterocycles. The number of nitrogens with zero attached hydrogens (tertiary/aromatic N) is 2. The topological polar surface area (TPSA) is 65.1 Å². The predicted molar refractivity (Wildman–Crippen MR) is 74.2 cm³/mol. The Morgan fingerprint density at radius 2 is 2.11 bits per heavy atom. The normalized spacial score (nSPS) is 14.3. The summed E-state index contributed by atoms with van der Waals surface area (Å²) in [6.45, 7) is 0. The first-order chi connectivity index (χ1) is 9.26. The van der Waals surface area contributed by atoms with Gasteiger partial charge in [-0.05, 0) is 5.56 Å². The minimum atomic E-state index is -0.108. The van der Waals surface area contributed by atoms with Crippen molar-refractivity contribution in [2.24, 2.45) is 12.9 Å². The first-order valence-corrected chi connectivity index (χ1v) is 6.26. The molecule has 0 saturated heterocycles. The molecular weight excluding hydrogens is 240 g/mol. The number of hydrogen-bond acceptors (Lipinski definition) is 4. The summed E-state index contributed by atoms with van der Waals surface area (Å²) in [6.07, 6.45) is 4.30. The molecular formula is C14H20N4O. The zero-order valence-corrected chi connectivity index (χ0v) is 11.3. The van der Waals surface area contributed by atoms with Gasteiger partial charge in [0.15, 0.2) is 0 Å². The quantitative estimate of drug-likeness (QED) is 0.605. The first kappa shape index (κ1) is 13.7. The highest BCUT2D eigenvalue weighted by molar-refractivity contribution is 5.19. The predicted octanol–water partition coefficient (Wildman–Crippen LogP) is 1.18. The fourth-order valence-electron chi connectivity index (χ4n) is 2.22. The van der Waals surface area contributed by atoms with Crippen LogP contribution in [0.3, 0.4) is 0 Å². The van der Waals surface area contributed by atoms with Gasteiger partial charge in [-0.1, -0.05) is 30.3 Å². The highest BCUT2D eigenvalue weighted by atomic mass is 16.5. The molecule has 2 unspecified atom stereocenters. The lowest BCUT2D eigenvalue weighted by atomic mass is 10.00. The van der Waals surface area contributed by atoms with E-state index in [-0.39, 0.29) is 12.1 Å². The van der Waals surface area contributed by atoms with Gasteiger partial charge in [0, 0.05) is 33.0 Å². The van der Waals surface area contributed by atoms with Crippen molar-refractivity contribution in [2.45, 2.75) is 18.6 Å². The lowest BCUT2D eigenvalue weighted by molar-refractivity contribution is 0.0670. The van der Waals surface area contributed by atoms with Crippen LogP contribution < -0.4 is 11.3 Å². The van der Waals surface area contributed by atoms with E-state index in [0.717, 1.165) is 11.4 Å². The molecule has 1 heterocycles. The lowest BCUT2D eigenvalue weighted by Crippen LogP contribution is -2.42. The van der Waals surface area contributed by atoms with Gasteiger partial charge in [-0.2, -0.15) is 0 Å². The number of methoxy groups -OCH3 is 1. The summed E-state index contributed by atoms with van der Waals surface area (Å²) in [7, 11) is 3.67. The number of aryl methyl sites for hydroxylation is 1. The number of nitrogens with two attached hydrogens (primary N) is 1. The smallest absolute Gasteiger partial charge is 0.110 e. The molecule has 2 aromatic rings. The SMILES string of the molecule is COC(c1ccccc1)C(Cc1nccn1C)NN. The Balaban J connectivity index is 2.17. The van der Waals surface area contributed by atoms with E-state index in [0.29, 0.717) is 6.42 Å². The Bertz CT molecular complexity index is 497. The number of imidazole rings is 1. The third kappa shape index (κ3) is 3.20. The highest BCUT2D eigenvalue weighted by Crippen LogP contribution is 2.22. The highest BCUT2D eigenvalue weighted by Gasteiger charge is 2.23. The van der Waals surface area contributed by atoms with Crippen LogP contribution in [0.2, 0.25) is 0 Å². The van der Waals surface area contributed by atoms with Crippen LogP contribution >= 0.6 is 0 Å². The van der Waals surface area contributed by atoms with E-state index in [1.807, 2.05) is 48.1 Å². The van der Waals surface area contributed by atoms with Gasteiger partial charge in [-0.3, -0.25) is 11.3 Å². The molecule has 2 rings (SSSR count). The third-order valence-corrected chi connectivity index (χ3v) is 3.29. The minimum Gasteiger partial charge on any atom is -0.375 e. The number of nitrogens with one attached hydrogen (secondary N) is 1. The lowest BCUT2D eigenvalue weighted by Gasteiger charge is -2.25. The molecule has 1 aromatic carbocycles.